The molecule has 1 aromatic heterocycles. The molecule has 1 atom stereocenters. The Morgan fingerprint density at radius 1 is 1.29 bits per heavy atom. The molecule has 4 nitrogen and oxygen atoms in total. The van der Waals surface area contributed by atoms with Gasteiger partial charge in [-0.3, -0.25) is 4.68 Å². The fraction of sp³-hybridized carbons (Fsp3) is 0.846. The number of rotatable bonds is 5. The lowest BCUT2D eigenvalue weighted by molar-refractivity contribution is 0.253. The highest BCUT2D eigenvalue weighted by Crippen LogP contribution is 2.25. The molecule has 0 radical (unpaired) electrons. The number of aryl methyl sites for hydroxylation is 1. The van der Waals surface area contributed by atoms with Crippen LogP contribution in [0.3, 0.4) is 0 Å². The number of aromatic nitrogens is 3. The monoisotopic (exact) mass is 238 g/mol. The second-order valence-corrected chi connectivity index (χ2v) is 6.33. The predicted octanol–water partition coefficient (Wildman–Crippen LogP) is 2.16. The molecule has 17 heavy (non-hydrogen) atoms. The van der Waals surface area contributed by atoms with Gasteiger partial charge in [-0.2, -0.15) is 0 Å². The van der Waals surface area contributed by atoms with Crippen LogP contribution in [0.1, 0.15) is 46.7 Å². The molecule has 0 fully saturated rings. The third kappa shape index (κ3) is 4.86. The lowest BCUT2D eigenvalue weighted by Gasteiger charge is -2.32. The fourth-order valence-electron chi connectivity index (χ4n) is 1.70. The Kier molecular flexibility index (Phi) is 4.31. The van der Waals surface area contributed by atoms with Gasteiger partial charge in [-0.25, -0.2) is 0 Å². The molecule has 0 aromatic carbocycles. The Hall–Kier alpha value is -0.900. The summed E-state index contributed by atoms with van der Waals surface area (Å²) in [5, 5.41) is 11.8. The summed E-state index contributed by atoms with van der Waals surface area (Å²) in [4.78, 5) is 0. The third-order valence-corrected chi connectivity index (χ3v) is 3.16. The summed E-state index contributed by atoms with van der Waals surface area (Å²) in [5.74, 6) is 0. The van der Waals surface area contributed by atoms with Crippen molar-refractivity contribution in [3.63, 3.8) is 0 Å². The van der Waals surface area contributed by atoms with E-state index < -0.39 is 0 Å². The van der Waals surface area contributed by atoms with Gasteiger partial charge in [0.25, 0.3) is 0 Å². The zero-order valence-electron chi connectivity index (χ0n) is 12.0. The zero-order chi connectivity index (χ0) is 13.1. The van der Waals surface area contributed by atoms with Gasteiger partial charge in [0, 0.05) is 25.3 Å². The number of nitrogens with one attached hydrogen (secondary N) is 1. The van der Waals surface area contributed by atoms with Crippen molar-refractivity contribution in [3.05, 3.63) is 11.9 Å². The molecule has 1 aromatic rings. The molecule has 1 unspecified atom stereocenters. The van der Waals surface area contributed by atoms with Crippen LogP contribution in [0.25, 0.3) is 0 Å². The van der Waals surface area contributed by atoms with Crippen LogP contribution in [-0.2, 0) is 13.5 Å². The molecule has 1 heterocycles. The second kappa shape index (κ2) is 5.17. The Morgan fingerprint density at radius 3 is 2.35 bits per heavy atom. The van der Waals surface area contributed by atoms with Crippen LogP contribution in [0, 0.1) is 5.41 Å². The molecule has 0 bridgehead atoms. The fourth-order valence-corrected chi connectivity index (χ4v) is 1.70. The maximum atomic E-state index is 4.18. The van der Waals surface area contributed by atoms with Gasteiger partial charge in [0.2, 0.25) is 0 Å². The van der Waals surface area contributed by atoms with E-state index in [0.29, 0.717) is 0 Å². The smallest absolute Gasteiger partial charge is 0.0832 e. The van der Waals surface area contributed by atoms with Gasteiger partial charge in [0.05, 0.1) is 5.69 Å². The highest BCUT2D eigenvalue weighted by molar-refractivity contribution is 4.98. The first-order valence-corrected chi connectivity index (χ1v) is 6.34. The van der Waals surface area contributed by atoms with E-state index in [2.05, 4.69) is 50.2 Å². The van der Waals surface area contributed by atoms with E-state index in [1.165, 1.54) is 0 Å². The van der Waals surface area contributed by atoms with Crippen LogP contribution in [0.15, 0.2) is 6.20 Å². The Morgan fingerprint density at radius 2 is 1.94 bits per heavy atom. The van der Waals surface area contributed by atoms with Crippen molar-refractivity contribution >= 4 is 0 Å². The van der Waals surface area contributed by atoms with Crippen molar-refractivity contribution in [1.29, 1.82) is 0 Å². The summed E-state index contributed by atoms with van der Waals surface area (Å²) in [6.07, 6.45) is 4.11. The van der Waals surface area contributed by atoms with Crippen LogP contribution < -0.4 is 5.32 Å². The first-order chi connectivity index (χ1) is 7.74. The van der Waals surface area contributed by atoms with Gasteiger partial charge in [-0.15, -0.1) is 5.10 Å². The standard InChI is InChI=1S/C13H26N4/c1-7-13(5,10-14-12(2,3)4)8-11-9-17(6)16-15-11/h9,14H,7-8,10H2,1-6H3. The summed E-state index contributed by atoms with van der Waals surface area (Å²) in [6, 6.07) is 0. The minimum atomic E-state index is 0.165. The molecular formula is C13H26N4. The third-order valence-electron chi connectivity index (χ3n) is 3.16. The van der Waals surface area contributed by atoms with Crippen LogP contribution in [0.5, 0.6) is 0 Å². The van der Waals surface area contributed by atoms with Crippen LogP contribution in [0.4, 0.5) is 0 Å². The molecule has 0 spiro atoms. The van der Waals surface area contributed by atoms with Crippen LogP contribution in [0.2, 0.25) is 0 Å². The van der Waals surface area contributed by atoms with E-state index >= 15 is 0 Å². The lowest BCUT2D eigenvalue weighted by atomic mass is 9.82. The van der Waals surface area contributed by atoms with Crippen molar-refractivity contribution in [2.75, 3.05) is 6.54 Å². The molecule has 0 aliphatic heterocycles. The van der Waals surface area contributed by atoms with E-state index in [4.69, 9.17) is 0 Å². The topological polar surface area (TPSA) is 42.7 Å². The van der Waals surface area contributed by atoms with Crippen LogP contribution >= 0.6 is 0 Å². The molecular weight excluding hydrogens is 212 g/mol. The number of hydrogen-bond donors (Lipinski definition) is 1. The summed E-state index contributed by atoms with van der Waals surface area (Å²) < 4.78 is 1.77. The maximum absolute atomic E-state index is 4.18. The number of nitrogens with zero attached hydrogens (tertiary/aromatic N) is 3. The molecule has 0 aliphatic carbocycles. The van der Waals surface area contributed by atoms with Crippen molar-refractivity contribution < 1.29 is 0 Å². The molecule has 1 rings (SSSR count). The van der Waals surface area contributed by atoms with Gasteiger partial charge >= 0.3 is 0 Å². The largest absolute Gasteiger partial charge is 0.312 e. The molecule has 98 valence electrons. The minimum Gasteiger partial charge on any atom is -0.312 e. The van der Waals surface area contributed by atoms with Gasteiger partial charge in [-0.05, 0) is 39.0 Å². The SMILES string of the molecule is CCC(C)(CNC(C)(C)C)Cc1cn(C)nn1. The second-order valence-electron chi connectivity index (χ2n) is 6.33. The molecule has 4 heteroatoms. The molecule has 0 aliphatic rings. The van der Waals surface area contributed by atoms with E-state index in [9.17, 15) is 0 Å². The Balaban J connectivity index is 2.62. The Labute approximate surface area is 105 Å². The zero-order valence-corrected chi connectivity index (χ0v) is 12.0. The Bertz CT molecular complexity index is 351. The average Bonchev–Trinajstić information content (AvgIpc) is 2.60. The summed E-state index contributed by atoms with van der Waals surface area (Å²) in [5.41, 5.74) is 1.48. The maximum Gasteiger partial charge on any atom is 0.0832 e. The van der Waals surface area contributed by atoms with Crippen molar-refractivity contribution in [3.8, 4) is 0 Å². The van der Waals surface area contributed by atoms with Crippen molar-refractivity contribution in [1.82, 2.24) is 20.3 Å². The highest BCUT2D eigenvalue weighted by Gasteiger charge is 2.25. The van der Waals surface area contributed by atoms with Crippen LogP contribution in [-0.4, -0.2) is 27.1 Å². The summed E-state index contributed by atoms with van der Waals surface area (Å²) in [6.45, 7) is 12.1. The van der Waals surface area contributed by atoms with E-state index in [1.807, 2.05) is 13.2 Å². The minimum absolute atomic E-state index is 0.165. The van der Waals surface area contributed by atoms with E-state index in [1.54, 1.807) is 4.68 Å². The van der Waals surface area contributed by atoms with Crippen molar-refractivity contribution in [2.45, 2.75) is 53.0 Å². The van der Waals surface area contributed by atoms with Gasteiger partial charge in [-0.1, -0.05) is 19.1 Å². The highest BCUT2D eigenvalue weighted by atomic mass is 15.4. The predicted molar refractivity (Wildman–Crippen MR) is 70.9 cm³/mol. The first kappa shape index (κ1) is 14.2. The van der Waals surface area contributed by atoms with E-state index in [-0.39, 0.29) is 11.0 Å². The molecule has 1 N–H and O–H groups in total. The van der Waals surface area contributed by atoms with Gasteiger partial charge in [0.15, 0.2) is 0 Å². The quantitative estimate of drug-likeness (QED) is 0.855. The summed E-state index contributed by atoms with van der Waals surface area (Å²) in [7, 11) is 1.91. The average molecular weight is 238 g/mol. The van der Waals surface area contributed by atoms with Gasteiger partial charge in [0.1, 0.15) is 0 Å². The molecule has 0 saturated carbocycles. The van der Waals surface area contributed by atoms with E-state index in [0.717, 1.165) is 25.1 Å². The summed E-state index contributed by atoms with van der Waals surface area (Å²) >= 11 is 0. The first-order valence-electron chi connectivity index (χ1n) is 6.34. The normalized spacial score (nSPS) is 15.9. The van der Waals surface area contributed by atoms with Gasteiger partial charge < -0.3 is 5.32 Å². The lowest BCUT2D eigenvalue weighted by Crippen LogP contribution is -2.43. The molecule has 0 amide bonds. The number of hydrogen-bond acceptors (Lipinski definition) is 3. The van der Waals surface area contributed by atoms with Crippen molar-refractivity contribution in [2.24, 2.45) is 12.5 Å². The molecule has 0 saturated heterocycles.